The maximum Gasteiger partial charge on any atom is 0.270 e. The van der Waals surface area contributed by atoms with E-state index in [2.05, 4.69) is 11.8 Å². The van der Waals surface area contributed by atoms with E-state index in [1.54, 1.807) is 12.1 Å². The van der Waals surface area contributed by atoms with E-state index in [0.717, 1.165) is 31.8 Å². The van der Waals surface area contributed by atoms with Crippen molar-refractivity contribution < 1.29 is 9.34 Å². The zero-order valence-corrected chi connectivity index (χ0v) is 14.8. The Morgan fingerprint density at radius 2 is 2.04 bits per heavy atom. The highest BCUT2D eigenvalue weighted by molar-refractivity contribution is 7.80. The summed E-state index contributed by atoms with van der Waals surface area (Å²) < 4.78 is 5.86. The lowest BCUT2D eigenvalue weighted by molar-refractivity contribution is -0.384. The minimum Gasteiger partial charge on any atom is -0.454 e. The molecule has 5 nitrogen and oxygen atoms in total. The van der Waals surface area contributed by atoms with Crippen molar-refractivity contribution in [3.63, 3.8) is 0 Å². The number of furan rings is 1. The third-order valence-electron chi connectivity index (χ3n) is 4.32. The number of piperidine rings is 1. The number of benzene rings is 1. The number of hydrogen-bond acceptors (Lipinski definition) is 4. The summed E-state index contributed by atoms with van der Waals surface area (Å²) in [6.45, 7) is 4.13. The maximum atomic E-state index is 10.8. The molecule has 0 aliphatic carbocycles. The van der Waals surface area contributed by atoms with E-state index in [-0.39, 0.29) is 10.7 Å². The number of halogens is 1. The Balaban J connectivity index is 1.80. The SMILES string of the molecule is CC1CCN(C(=S)c2ccc(-c3ccc([N+](=O)[O-])cc3Cl)o2)CC1. The number of nitro benzene ring substituents is 1. The van der Waals surface area contributed by atoms with Gasteiger partial charge in [0.15, 0.2) is 5.76 Å². The van der Waals surface area contributed by atoms with Gasteiger partial charge in [-0.1, -0.05) is 30.7 Å². The summed E-state index contributed by atoms with van der Waals surface area (Å²) in [5.41, 5.74) is 0.567. The van der Waals surface area contributed by atoms with Gasteiger partial charge in [0.05, 0.1) is 9.95 Å². The van der Waals surface area contributed by atoms with Crippen molar-refractivity contribution in [3.8, 4) is 11.3 Å². The molecule has 0 saturated carbocycles. The zero-order chi connectivity index (χ0) is 17.3. The van der Waals surface area contributed by atoms with E-state index in [9.17, 15) is 10.1 Å². The summed E-state index contributed by atoms with van der Waals surface area (Å²) in [6, 6.07) is 7.95. The van der Waals surface area contributed by atoms with Crippen molar-refractivity contribution in [2.75, 3.05) is 13.1 Å². The molecule has 0 radical (unpaired) electrons. The maximum absolute atomic E-state index is 10.8. The molecule has 0 N–H and O–H groups in total. The van der Waals surface area contributed by atoms with Crippen molar-refractivity contribution in [1.29, 1.82) is 0 Å². The Morgan fingerprint density at radius 1 is 1.33 bits per heavy atom. The van der Waals surface area contributed by atoms with Crippen molar-refractivity contribution in [1.82, 2.24) is 4.90 Å². The molecule has 3 rings (SSSR count). The van der Waals surface area contributed by atoms with Crippen LogP contribution in [0.15, 0.2) is 34.7 Å². The summed E-state index contributed by atoms with van der Waals surface area (Å²) in [5.74, 6) is 1.91. The number of hydrogen-bond donors (Lipinski definition) is 0. The Bertz CT molecular complexity index is 782. The van der Waals surface area contributed by atoms with Crippen molar-refractivity contribution in [3.05, 3.63) is 51.2 Å². The Morgan fingerprint density at radius 3 is 2.67 bits per heavy atom. The van der Waals surface area contributed by atoms with Gasteiger partial charge in [-0.15, -0.1) is 0 Å². The molecule has 0 atom stereocenters. The summed E-state index contributed by atoms with van der Waals surface area (Å²) in [4.78, 5) is 13.2. The lowest BCUT2D eigenvalue weighted by Crippen LogP contribution is -2.37. The van der Waals surface area contributed by atoms with Crippen LogP contribution in [0.2, 0.25) is 5.02 Å². The van der Waals surface area contributed by atoms with Crippen molar-refractivity contribution >= 4 is 34.5 Å². The van der Waals surface area contributed by atoms with Crippen molar-refractivity contribution in [2.45, 2.75) is 19.8 Å². The Kier molecular flexibility index (Phi) is 4.87. The molecule has 2 heterocycles. The molecule has 2 aromatic rings. The first-order valence-electron chi connectivity index (χ1n) is 7.79. The molecule has 0 amide bonds. The highest BCUT2D eigenvalue weighted by atomic mass is 35.5. The van der Waals surface area contributed by atoms with Gasteiger partial charge < -0.3 is 9.32 Å². The van der Waals surface area contributed by atoms with Crippen LogP contribution in [0.5, 0.6) is 0 Å². The normalized spacial score (nSPS) is 15.5. The quantitative estimate of drug-likeness (QED) is 0.439. The topological polar surface area (TPSA) is 59.5 Å². The third kappa shape index (κ3) is 3.44. The van der Waals surface area contributed by atoms with Crippen LogP contribution in [0, 0.1) is 16.0 Å². The summed E-state index contributed by atoms with van der Waals surface area (Å²) in [7, 11) is 0. The van der Waals surface area contributed by atoms with Crippen LogP contribution in [-0.4, -0.2) is 27.9 Å². The predicted octanol–water partition coefficient (Wildman–Crippen LogP) is 4.92. The van der Waals surface area contributed by atoms with Gasteiger partial charge >= 0.3 is 0 Å². The smallest absolute Gasteiger partial charge is 0.270 e. The highest BCUT2D eigenvalue weighted by Gasteiger charge is 2.21. The van der Waals surface area contributed by atoms with Gasteiger partial charge in [-0.3, -0.25) is 10.1 Å². The van der Waals surface area contributed by atoms with Crippen LogP contribution in [-0.2, 0) is 0 Å². The fraction of sp³-hybridized carbons (Fsp3) is 0.353. The largest absolute Gasteiger partial charge is 0.454 e. The van der Waals surface area contributed by atoms with E-state index in [1.807, 2.05) is 6.07 Å². The summed E-state index contributed by atoms with van der Waals surface area (Å²) in [6.07, 6.45) is 2.25. The number of likely N-dealkylation sites (tertiary alicyclic amines) is 1. The van der Waals surface area contributed by atoms with E-state index in [1.165, 1.54) is 12.1 Å². The lowest BCUT2D eigenvalue weighted by atomic mass is 9.99. The number of thiocarbonyl (C=S) groups is 1. The zero-order valence-electron chi connectivity index (χ0n) is 13.2. The molecule has 7 heteroatoms. The molecule has 1 aromatic carbocycles. The molecule has 1 aromatic heterocycles. The van der Waals surface area contributed by atoms with Gasteiger partial charge in [-0.05, 0) is 37.0 Å². The standard InChI is InChI=1S/C17H17ClN2O3S/c1-11-6-8-19(9-7-11)17(24)16-5-4-15(23-16)13-3-2-12(20(21)22)10-14(13)18/h2-5,10-11H,6-9H2,1H3. The van der Waals surface area contributed by atoms with Crippen LogP contribution in [0.1, 0.15) is 25.5 Å². The number of nitrogens with zero attached hydrogens (tertiary/aromatic N) is 2. The third-order valence-corrected chi connectivity index (χ3v) is 5.09. The van der Waals surface area contributed by atoms with E-state index < -0.39 is 4.92 Å². The van der Waals surface area contributed by atoms with E-state index in [4.69, 9.17) is 28.2 Å². The van der Waals surface area contributed by atoms with Crippen LogP contribution in [0.4, 0.5) is 5.69 Å². The Labute approximate surface area is 150 Å². The van der Waals surface area contributed by atoms with E-state index >= 15 is 0 Å². The number of non-ortho nitro benzene ring substituents is 1. The first-order valence-corrected chi connectivity index (χ1v) is 8.57. The average Bonchev–Trinajstić information content (AvgIpc) is 3.04. The van der Waals surface area contributed by atoms with Gasteiger partial charge in [0.25, 0.3) is 5.69 Å². The first kappa shape index (κ1) is 16.9. The fourth-order valence-electron chi connectivity index (χ4n) is 2.78. The second kappa shape index (κ2) is 6.91. The van der Waals surface area contributed by atoms with Crippen LogP contribution >= 0.6 is 23.8 Å². The lowest BCUT2D eigenvalue weighted by Gasteiger charge is -2.31. The molecule has 1 aliphatic heterocycles. The van der Waals surface area contributed by atoms with Crippen LogP contribution in [0.25, 0.3) is 11.3 Å². The number of rotatable bonds is 3. The van der Waals surface area contributed by atoms with Gasteiger partial charge in [-0.25, -0.2) is 0 Å². The second-order valence-corrected chi connectivity index (χ2v) is 6.85. The average molecular weight is 365 g/mol. The molecular weight excluding hydrogens is 348 g/mol. The molecule has 0 unspecified atom stereocenters. The minimum absolute atomic E-state index is 0.0477. The monoisotopic (exact) mass is 364 g/mol. The molecule has 1 fully saturated rings. The van der Waals surface area contributed by atoms with E-state index in [0.29, 0.717) is 22.1 Å². The minimum atomic E-state index is -0.476. The van der Waals surface area contributed by atoms with Crippen LogP contribution in [0.3, 0.4) is 0 Å². The Hall–Kier alpha value is -1.92. The molecule has 1 aliphatic rings. The molecule has 24 heavy (non-hydrogen) atoms. The number of nitro groups is 1. The molecule has 0 spiro atoms. The van der Waals surface area contributed by atoms with Crippen molar-refractivity contribution in [2.24, 2.45) is 5.92 Å². The fourth-order valence-corrected chi connectivity index (χ4v) is 3.34. The van der Waals surface area contributed by atoms with Gasteiger partial charge in [-0.2, -0.15) is 0 Å². The molecule has 0 bridgehead atoms. The van der Waals surface area contributed by atoms with Crippen LogP contribution < -0.4 is 0 Å². The molecule has 126 valence electrons. The predicted molar refractivity (Wildman–Crippen MR) is 97.5 cm³/mol. The molecular formula is C17H17ClN2O3S. The first-order chi connectivity index (χ1) is 11.5. The molecule has 1 saturated heterocycles. The second-order valence-electron chi connectivity index (χ2n) is 6.06. The highest BCUT2D eigenvalue weighted by Crippen LogP contribution is 2.32. The van der Waals surface area contributed by atoms with Gasteiger partial charge in [0, 0.05) is 30.8 Å². The van der Waals surface area contributed by atoms with Gasteiger partial charge in [0.2, 0.25) is 0 Å². The summed E-state index contributed by atoms with van der Waals surface area (Å²) >= 11 is 11.7. The van der Waals surface area contributed by atoms with Gasteiger partial charge in [0.1, 0.15) is 10.7 Å². The summed E-state index contributed by atoms with van der Waals surface area (Å²) in [5, 5.41) is 11.1.